The lowest BCUT2D eigenvalue weighted by Crippen LogP contribution is -2.52. The van der Waals surface area contributed by atoms with E-state index < -0.39 is 5.41 Å². The number of aromatic nitrogens is 2. The first-order valence-electron chi connectivity index (χ1n) is 12.5. The Hall–Kier alpha value is -2.63. The number of aryl methyl sites for hydroxylation is 2. The van der Waals surface area contributed by atoms with Crippen molar-refractivity contribution in [3.8, 4) is 0 Å². The van der Waals surface area contributed by atoms with Crippen LogP contribution in [0.4, 0.5) is 0 Å². The molecule has 2 saturated heterocycles. The van der Waals surface area contributed by atoms with Gasteiger partial charge in [-0.15, -0.1) is 0 Å². The molecule has 176 valence electrons. The van der Waals surface area contributed by atoms with Gasteiger partial charge in [0.2, 0.25) is 5.91 Å². The molecule has 2 amide bonds. The molecule has 3 heterocycles. The molecule has 1 saturated carbocycles. The zero-order valence-corrected chi connectivity index (χ0v) is 20.4. The molecular weight excluding hydrogens is 412 g/mol. The molecule has 33 heavy (non-hydrogen) atoms. The summed E-state index contributed by atoms with van der Waals surface area (Å²) in [4.78, 5) is 36.4. The maximum Gasteiger partial charge on any atom is 0.253 e. The van der Waals surface area contributed by atoms with Crippen molar-refractivity contribution in [3.63, 3.8) is 0 Å². The summed E-state index contributed by atoms with van der Waals surface area (Å²) in [5, 5.41) is 0. The smallest absolute Gasteiger partial charge is 0.253 e. The molecule has 1 aromatic heterocycles. The molecular formula is C27H36N4O2. The molecule has 1 aromatic carbocycles. The second-order valence-electron chi connectivity index (χ2n) is 10.9. The van der Waals surface area contributed by atoms with Crippen molar-refractivity contribution in [1.29, 1.82) is 0 Å². The van der Waals surface area contributed by atoms with Crippen molar-refractivity contribution in [1.82, 2.24) is 19.4 Å². The largest absolute Gasteiger partial charge is 0.342 e. The first-order valence-corrected chi connectivity index (χ1v) is 12.5. The summed E-state index contributed by atoms with van der Waals surface area (Å²) >= 11 is 0. The van der Waals surface area contributed by atoms with Crippen molar-refractivity contribution in [3.05, 3.63) is 53.1 Å². The van der Waals surface area contributed by atoms with E-state index in [1.807, 2.05) is 37.2 Å². The van der Waals surface area contributed by atoms with E-state index >= 15 is 0 Å². The Kier molecular flexibility index (Phi) is 5.58. The predicted octanol–water partition coefficient (Wildman–Crippen LogP) is 4.34. The van der Waals surface area contributed by atoms with E-state index in [2.05, 4.69) is 35.6 Å². The zero-order valence-electron chi connectivity index (χ0n) is 20.4. The van der Waals surface area contributed by atoms with Gasteiger partial charge in [0.15, 0.2) is 0 Å². The molecule has 3 aliphatic rings. The number of carbonyl (C=O) groups is 2. The van der Waals surface area contributed by atoms with Gasteiger partial charge in [0, 0.05) is 49.9 Å². The molecule has 0 radical (unpaired) electrons. The van der Waals surface area contributed by atoms with Crippen molar-refractivity contribution >= 4 is 11.8 Å². The number of carbonyl (C=O) groups excluding carboxylic acids is 2. The van der Waals surface area contributed by atoms with E-state index in [1.165, 1.54) is 12.8 Å². The molecule has 0 N–H and O–H groups in total. The fourth-order valence-electron chi connectivity index (χ4n) is 5.90. The summed E-state index contributed by atoms with van der Waals surface area (Å²) < 4.78 is 2.10. The van der Waals surface area contributed by atoms with Crippen LogP contribution in [0, 0.1) is 25.2 Å². The van der Waals surface area contributed by atoms with Crippen LogP contribution in [0.2, 0.25) is 0 Å². The predicted molar refractivity (Wildman–Crippen MR) is 128 cm³/mol. The highest BCUT2D eigenvalue weighted by molar-refractivity contribution is 5.96. The maximum atomic E-state index is 14.0. The van der Waals surface area contributed by atoms with Crippen molar-refractivity contribution in [2.75, 3.05) is 26.2 Å². The Morgan fingerprint density at radius 3 is 2.55 bits per heavy atom. The number of piperidine rings is 1. The van der Waals surface area contributed by atoms with Crippen LogP contribution in [-0.2, 0) is 4.79 Å². The number of amides is 2. The van der Waals surface area contributed by atoms with E-state index in [4.69, 9.17) is 4.98 Å². The van der Waals surface area contributed by atoms with E-state index in [-0.39, 0.29) is 17.7 Å². The first kappa shape index (κ1) is 22.2. The molecule has 0 bridgehead atoms. The van der Waals surface area contributed by atoms with Crippen LogP contribution < -0.4 is 0 Å². The monoisotopic (exact) mass is 448 g/mol. The molecule has 2 aromatic rings. The number of hydrogen-bond acceptors (Lipinski definition) is 3. The topological polar surface area (TPSA) is 58.4 Å². The summed E-state index contributed by atoms with van der Waals surface area (Å²) in [6.45, 7) is 11.1. The number of likely N-dealkylation sites (tertiary alicyclic amines) is 2. The maximum absolute atomic E-state index is 14.0. The molecule has 1 aliphatic carbocycles. The Morgan fingerprint density at radius 1 is 1.18 bits per heavy atom. The number of nitrogens with zero attached hydrogens (tertiary/aromatic N) is 4. The van der Waals surface area contributed by atoms with Crippen LogP contribution in [0.5, 0.6) is 0 Å². The van der Waals surface area contributed by atoms with Crippen LogP contribution in [0.1, 0.15) is 78.7 Å². The van der Waals surface area contributed by atoms with Gasteiger partial charge in [0.1, 0.15) is 0 Å². The van der Waals surface area contributed by atoms with Crippen molar-refractivity contribution in [2.45, 2.75) is 65.3 Å². The lowest BCUT2D eigenvalue weighted by atomic mass is 9.70. The minimum Gasteiger partial charge on any atom is -0.342 e. The SMILES string of the molecule is Cc1cc(C)cc(C(=O)N2C[C@@H](c3cn(C(C)C)cn3)[C@@]3(CCCN(CC4CC4)C3=O)C2)c1. The number of imidazole rings is 1. The third-order valence-corrected chi connectivity index (χ3v) is 7.81. The molecule has 2 aliphatic heterocycles. The van der Waals surface area contributed by atoms with Crippen LogP contribution in [0.25, 0.3) is 0 Å². The summed E-state index contributed by atoms with van der Waals surface area (Å²) in [5.41, 5.74) is 3.26. The lowest BCUT2D eigenvalue weighted by Gasteiger charge is -2.42. The van der Waals surface area contributed by atoms with Gasteiger partial charge in [-0.25, -0.2) is 4.98 Å². The average Bonchev–Trinajstić information content (AvgIpc) is 3.30. The third kappa shape index (κ3) is 4.09. The standard InChI is InChI=1S/C27H36N4O2/c1-18(2)31-15-24(28-17-31)23-14-30(25(32)22-11-19(3)10-20(4)12-22)16-27(23)8-5-9-29(26(27)33)13-21-6-7-21/h10-12,15,17-18,21,23H,5-9,13-14,16H2,1-4H3/t23-,27+/m0/s1. The van der Waals surface area contributed by atoms with Gasteiger partial charge in [0.25, 0.3) is 5.91 Å². The van der Waals surface area contributed by atoms with Gasteiger partial charge in [-0.05, 0) is 71.4 Å². The van der Waals surface area contributed by atoms with Crippen LogP contribution in [0.15, 0.2) is 30.7 Å². The van der Waals surface area contributed by atoms with Crippen LogP contribution in [-0.4, -0.2) is 57.3 Å². The highest BCUT2D eigenvalue weighted by Gasteiger charge is 2.57. The van der Waals surface area contributed by atoms with E-state index in [9.17, 15) is 9.59 Å². The average molecular weight is 449 g/mol. The number of benzene rings is 1. The Morgan fingerprint density at radius 2 is 1.91 bits per heavy atom. The Balaban J connectivity index is 1.50. The number of hydrogen-bond donors (Lipinski definition) is 0. The van der Waals surface area contributed by atoms with Gasteiger partial charge in [-0.3, -0.25) is 9.59 Å². The van der Waals surface area contributed by atoms with E-state index in [1.54, 1.807) is 0 Å². The summed E-state index contributed by atoms with van der Waals surface area (Å²) in [6.07, 6.45) is 8.24. The van der Waals surface area contributed by atoms with Crippen molar-refractivity contribution in [2.24, 2.45) is 11.3 Å². The molecule has 2 atom stereocenters. The highest BCUT2D eigenvalue weighted by Crippen LogP contribution is 2.50. The lowest BCUT2D eigenvalue weighted by molar-refractivity contribution is -0.146. The summed E-state index contributed by atoms with van der Waals surface area (Å²) in [6, 6.07) is 6.32. The fraction of sp³-hybridized carbons (Fsp3) is 0.593. The van der Waals surface area contributed by atoms with Gasteiger partial charge < -0.3 is 14.4 Å². The molecule has 0 unspecified atom stereocenters. The minimum atomic E-state index is -0.572. The molecule has 1 spiro atoms. The van der Waals surface area contributed by atoms with Gasteiger partial charge in [0.05, 0.1) is 17.4 Å². The van der Waals surface area contributed by atoms with E-state index in [0.29, 0.717) is 30.6 Å². The van der Waals surface area contributed by atoms with Crippen LogP contribution >= 0.6 is 0 Å². The number of rotatable bonds is 5. The Labute approximate surface area is 197 Å². The molecule has 3 fully saturated rings. The third-order valence-electron chi connectivity index (χ3n) is 7.81. The normalized spacial score (nSPS) is 25.5. The van der Waals surface area contributed by atoms with Crippen LogP contribution in [0.3, 0.4) is 0 Å². The second-order valence-corrected chi connectivity index (χ2v) is 10.9. The van der Waals surface area contributed by atoms with Gasteiger partial charge in [-0.2, -0.15) is 0 Å². The highest BCUT2D eigenvalue weighted by atomic mass is 16.2. The quantitative estimate of drug-likeness (QED) is 0.684. The summed E-state index contributed by atoms with van der Waals surface area (Å²) in [5.74, 6) is 0.860. The summed E-state index contributed by atoms with van der Waals surface area (Å²) in [7, 11) is 0. The molecule has 6 nitrogen and oxygen atoms in total. The van der Waals surface area contributed by atoms with Crippen molar-refractivity contribution < 1.29 is 9.59 Å². The Bertz CT molecular complexity index is 1050. The first-order chi connectivity index (χ1) is 15.8. The van der Waals surface area contributed by atoms with Gasteiger partial charge >= 0.3 is 0 Å². The fourth-order valence-corrected chi connectivity index (χ4v) is 5.90. The minimum absolute atomic E-state index is 0.0269. The molecule has 5 rings (SSSR count). The zero-order chi connectivity index (χ0) is 23.3. The molecule has 6 heteroatoms. The van der Waals surface area contributed by atoms with E-state index in [0.717, 1.165) is 42.8 Å². The van der Waals surface area contributed by atoms with Gasteiger partial charge in [-0.1, -0.05) is 17.2 Å². The second kappa shape index (κ2) is 8.30.